The maximum atomic E-state index is 10.4. The molecular formula is C4H6NOS-. The second-order valence-electron chi connectivity index (χ2n) is 1.38. The Kier molecular flexibility index (Phi) is 1.23. The Morgan fingerprint density at radius 2 is 2.57 bits per heavy atom. The predicted molar refractivity (Wildman–Crippen MR) is 29.9 cm³/mol. The molecule has 0 radical (unpaired) electrons. The Labute approximate surface area is 46.9 Å². The van der Waals surface area contributed by atoms with Crippen LogP contribution in [-0.4, -0.2) is 22.4 Å². The largest absolute Gasteiger partial charge is 0.486 e. The van der Waals surface area contributed by atoms with Crippen molar-refractivity contribution in [1.82, 2.24) is 4.90 Å². The van der Waals surface area contributed by atoms with E-state index < -0.39 is 0 Å². The third-order valence-electron chi connectivity index (χ3n) is 0.845. The smallest absolute Gasteiger partial charge is 0.252 e. The number of carbonyl (C=O) groups excluding carboxylic acids is 1. The third-order valence-corrected chi connectivity index (χ3v) is 1.74. The average Bonchev–Trinajstić information content (AvgIpc) is 1.91. The van der Waals surface area contributed by atoms with Gasteiger partial charge >= 0.3 is 0 Å². The van der Waals surface area contributed by atoms with E-state index in [-0.39, 0.29) is 5.24 Å². The lowest BCUT2D eigenvalue weighted by Gasteiger charge is -2.13. The summed E-state index contributed by atoms with van der Waals surface area (Å²) in [4.78, 5) is 11.9. The lowest BCUT2D eigenvalue weighted by Crippen LogP contribution is -2.13. The van der Waals surface area contributed by atoms with Crippen molar-refractivity contribution >= 4 is 17.0 Å². The van der Waals surface area contributed by atoms with Gasteiger partial charge in [-0.1, -0.05) is 11.8 Å². The van der Waals surface area contributed by atoms with E-state index in [1.165, 1.54) is 16.7 Å². The molecule has 0 atom stereocenters. The highest BCUT2D eigenvalue weighted by atomic mass is 32.2. The average molecular weight is 116 g/mol. The maximum absolute atomic E-state index is 10.4. The molecule has 1 saturated heterocycles. The minimum Gasteiger partial charge on any atom is -0.486 e. The van der Waals surface area contributed by atoms with Gasteiger partial charge in [0.05, 0.1) is 0 Å². The second-order valence-corrected chi connectivity index (χ2v) is 2.42. The molecule has 0 aromatic rings. The van der Waals surface area contributed by atoms with Crippen molar-refractivity contribution in [2.24, 2.45) is 0 Å². The number of rotatable bonds is 0. The summed E-state index contributed by atoms with van der Waals surface area (Å²) in [6.07, 6.45) is 0. The normalized spacial score (nSPS) is 21.3. The van der Waals surface area contributed by atoms with Gasteiger partial charge in [0.15, 0.2) is 0 Å². The van der Waals surface area contributed by atoms with Crippen LogP contribution in [0.2, 0.25) is 0 Å². The molecule has 1 aliphatic heterocycles. The van der Waals surface area contributed by atoms with E-state index in [0.717, 1.165) is 12.3 Å². The lowest BCUT2D eigenvalue weighted by atomic mass is 10.7. The van der Waals surface area contributed by atoms with Gasteiger partial charge < -0.3 is 4.90 Å². The van der Waals surface area contributed by atoms with Crippen molar-refractivity contribution in [3.05, 3.63) is 7.05 Å². The first kappa shape index (κ1) is 4.97. The van der Waals surface area contributed by atoms with Crippen LogP contribution >= 0.6 is 11.8 Å². The zero-order valence-electron chi connectivity index (χ0n) is 3.89. The molecule has 0 spiro atoms. The van der Waals surface area contributed by atoms with Crippen LogP contribution in [0.25, 0.3) is 0 Å². The lowest BCUT2D eigenvalue weighted by molar-refractivity contribution is 0.243. The Hall–Kier alpha value is -0.180. The monoisotopic (exact) mass is 116 g/mol. The molecule has 2 nitrogen and oxygen atoms in total. The van der Waals surface area contributed by atoms with Gasteiger partial charge in [-0.25, -0.2) is 0 Å². The number of amides is 1. The second kappa shape index (κ2) is 1.74. The summed E-state index contributed by atoms with van der Waals surface area (Å²) in [6.45, 7) is 0.809. The van der Waals surface area contributed by atoms with E-state index >= 15 is 0 Å². The van der Waals surface area contributed by atoms with Gasteiger partial charge in [-0.15, -0.1) is 0 Å². The number of thioether (sulfide) groups is 1. The van der Waals surface area contributed by atoms with Gasteiger partial charge in [0.2, 0.25) is 0 Å². The molecule has 0 saturated carbocycles. The molecule has 0 aromatic heterocycles. The van der Waals surface area contributed by atoms with E-state index in [9.17, 15) is 4.79 Å². The number of hydrogen-bond donors (Lipinski definition) is 0. The van der Waals surface area contributed by atoms with Crippen LogP contribution in [0, 0.1) is 7.05 Å². The van der Waals surface area contributed by atoms with Crippen LogP contribution in [0.3, 0.4) is 0 Å². The van der Waals surface area contributed by atoms with Crippen LogP contribution in [0.1, 0.15) is 0 Å². The van der Waals surface area contributed by atoms with Crippen molar-refractivity contribution in [2.45, 2.75) is 0 Å². The minimum absolute atomic E-state index is 0.0972. The van der Waals surface area contributed by atoms with Crippen LogP contribution in [0.15, 0.2) is 0 Å². The van der Waals surface area contributed by atoms with Gasteiger partial charge in [0.25, 0.3) is 5.24 Å². The fourth-order valence-corrected chi connectivity index (χ4v) is 1.19. The van der Waals surface area contributed by atoms with Crippen LogP contribution in [0.5, 0.6) is 0 Å². The van der Waals surface area contributed by atoms with Gasteiger partial charge in [-0.2, -0.15) is 0 Å². The van der Waals surface area contributed by atoms with Crippen molar-refractivity contribution < 1.29 is 4.79 Å². The Balaban J connectivity index is 2.48. The highest BCUT2D eigenvalue weighted by molar-refractivity contribution is 8.13. The topological polar surface area (TPSA) is 20.3 Å². The predicted octanol–water partition coefficient (Wildman–Crippen LogP) is 0.947. The highest BCUT2D eigenvalue weighted by Gasteiger charge is 2.09. The summed E-state index contributed by atoms with van der Waals surface area (Å²) < 4.78 is 0. The number of carbonyl (C=O) groups is 1. The van der Waals surface area contributed by atoms with Gasteiger partial charge in [0, 0.05) is 12.3 Å². The Bertz CT molecular complexity index is 93.7. The van der Waals surface area contributed by atoms with E-state index in [2.05, 4.69) is 7.05 Å². The first-order valence-electron chi connectivity index (χ1n) is 2.05. The molecule has 1 amide bonds. The Morgan fingerprint density at radius 3 is 2.71 bits per heavy atom. The van der Waals surface area contributed by atoms with E-state index in [1.54, 1.807) is 0 Å². The van der Waals surface area contributed by atoms with Crippen molar-refractivity contribution in [1.29, 1.82) is 0 Å². The number of nitrogens with zero attached hydrogens (tertiary/aromatic N) is 1. The minimum atomic E-state index is 0.0972. The summed E-state index contributed by atoms with van der Waals surface area (Å²) in [5.41, 5.74) is 0. The van der Waals surface area contributed by atoms with Crippen molar-refractivity contribution in [3.63, 3.8) is 0 Å². The molecule has 0 aromatic carbocycles. The fraction of sp³-hybridized carbons (Fsp3) is 0.500. The third kappa shape index (κ3) is 0.881. The summed E-state index contributed by atoms with van der Waals surface area (Å²) in [7, 11) is 3.48. The molecule has 1 rings (SSSR count). The van der Waals surface area contributed by atoms with E-state index in [0.29, 0.717) is 0 Å². The van der Waals surface area contributed by atoms with Gasteiger partial charge in [-0.05, 0) is 0 Å². The Morgan fingerprint density at radius 1 is 1.86 bits per heavy atom. The first-order chi connectivity index (χ1) is 3.30. The summed E-state index contributed by atoms with van der Waals surface area (Å²) in [5, 5.41) is 0.0972. The molecular weight excluding hydrogens is 110 g/mol. The van der Waals surface area contributed by atoms with E-state index in [1.807, 2.05) is 0 Å². The van der Waals surface area contributed by atoms with Gasteiger partial charge in [0.1, 0.15) is 0 Å². The van der Waals surface area contributed by atoms with E-state index in [4.69, 9.17) is 0 Å². The van der Waals surface area contributed by atoms with Crippen LogP contribution < -0.4 is 0 Å². The SMILES string of the molecule is [CH2-]N1CCSC1=O. The summed E-state index contributed by atoms with van der Waals surface area (Å²) in [6, 6.07) is 0. The van der Waals surface area contributed by atoms with Crippen LogP contribution in [0.4, 0.5) is 4.79 Å². The molecule has 3 heteroatoms. The molecule has 40 valence electrons. The van der Waals surface area contributed by atoms with Gasteiger partial charge in [-0.3, -0.25) is 11.8 Å². The molecule has 1 fully saturated rings. The standard InChI is InChI=1S/C4H6NOS/c1-5-2-3-7-4(5)6/h1-3H2/q-1. The van der Waals surface area contributed by atoms with Crippen molar-refractivity contribution in [2.75, 3.05) is 12.3 Å². The highest BCUT2D eigenvalue weighted by Crippen LogP contribution is 2.14. The fourth-order valence-electron chi connectivity index (χ4n) is 0.426. The quantitative estimate of drug-likeness (QED) is 0.439. The molecule has 1 heterocycles. The molecule has 0 unspecified atom stereocenters. The zero-order chi connectivity index (χ0) is 5.28. The summed E-state index contributed by atoms with van der Waals surface area (Å²) in [5.74, 6) is 0.905. The first-order valence-corrected chi connectivity index (χ1v) is 3.04. The van der Waals surface area contributed by atoms with Crippen LogP contribution in [-0.2, 0) is 0 Å². The maximum Gasteiger partial charge on any atom is 0.252 e. The zero-order valence-corrected chi connectivity index (χ0v) is 4.70. The summed E-state index contributed by atoms with van der Waals surface area (Å²) >= 11 is 1.33. The molecule has 0 bridgehead atoms. The number of hydrogen-bond acceptors (Lipinski definition) is 2. The van der Waals surface area contributed by atoms with Crippen molar-refractivity contribution in [3.8, 4) is 0 Å². The molecule has 0 aliphatic carbocycles. The molecule has 7 heavy (non-hydrogen) atoms. The molecule has 0 N–H and O–H groups in total. The molecule has 1 aliphatic rings.